The monoisotopic (exact) mass is 209 g/mol. The fourth-order valence-corrected chi connectivity index (χ4v) is 1.22. The number of nitriles is 1. The van der Waals surface area contributed by atoms with E-state index in [1.54, 1.807) is 18.2 Å². The van der Waals surface area contributed by atoms with Crippen molar-refractivity contribution in [1.82, 2.24) is 0 Å². The van der Waals surface area contributed by atoms with Gasteiger partial charge in [0.2, 0.25) is 0 Å². The summed E-state index contributed by atoms with van der Waals surface area (Å²) in [5, 5.41) is 8.99. The first-order valence-electron chi connectivity index (χ1n) is 3.92. The first-order valence-corrected chi connectivity index (χ1v) is 4.30. The summed E-state index contributed by atoms with van der Waals surface area (Å²) in [4.78, 5) is 11.1. The van der Waals surface area contributed by atoms with Gasteiger partial charge in [0.15, 0.2) is 0 Å². The minimum Gasteiger partial charge on any atom is -0.465 e. The molecule has 0 heterocycles. The molecular weight excluding hydrogens is 202 g/mol. The van der Waals surface area contributed by atoms with Gasteiger partial charge in [-0.05, 0) is 23.8 Å². The van der Waals surface area contributed by atoms with Crippen LogP contribution in [0.25, 0.3) is 0 Å². The maximum absolute atomic E-state index is 11.1. The van der Waals surface area contributed by atoms with E-state index in [1.807, 2.05) is 6.07 Å². The van der Waals surface area contributed by atoms with Gasteiger partial charge in [0.05, 0.1) is 25.2 Å². The van der Waals surface area contributed by atoms with Gasteiger partial charge < -0.3 is 4.74 Å². The average Bonchev–Trinajstić information content (AvgIpc) is 2.20. The minimum atomic E-state index is -0.430. The summed E-state index contributed by atoms with van der Waals surface area (Å²) in [5.41, 5.74) is 1.04. The molecule has 0 amide bonds. The van der Waals surface area contributed by atoms with Gasteiger partial charge in [-0.3, -0.25) is 0 Å². The molecule has 72 valence electrons. The predicted molar refractivity (Wildman–Crippen MR) is 52.1 cm³/mol. The number of methoxy groups -OCH3 is 1. The van der Waals surface area contributed by atoms with E-state index in [0.717, 1.165) is 0 Å². The summed E-state index contributed by atoms with van der Waals surface area (Å²) in [7, 11) is 1.31. The lowest BCUT2D eigenvalue weighted by atomic mass is 10.1. The van der Waals surface area contributed by atoms with E-state index < -0.39 is 5.97 Å². The zero-order chi connectivity index (χ0) is 10.6. The molecule has 0 aliphatic heterocycles. The largest absolute Gasteiger partial charge is 0.465 e. The Morgan fingerprint density at radius 2 is 2.36 bits per heavy atom. The van der Waals surface area contributed by atoms with Gasteiger partial charge in [-0.2, -0.15) is 5.26 Å². The maximum atomic E-state index is 11.1. The number of carbonyl (C=O) groups excluding carboxylic acids is 1. The molecule has 1 aromatic carbocycles. The van der Waals surface area contributed by atoms with Gasteiger partial charge in [0, 0.05) is 5.02 Å². The fraction of sp³-hybridized carbons (Fsp3) is 0.200. The second-order valence-corrected chi connectivity index (χ2v) is 3.04. The molecule has 1 rings (SSSR count). The molecule has 0 spiro atoms. The van der Waals surface area contributed by atoms with Crippen LogP contribution in [0.2, 0.25) is 5.02 Å². The van der Waals surface area contributed by atoms with Crippen molar-refractivity contribution in [3.63, 3.8) is 0 Å². The molecule has 0 saturated heterocycles. The molecule has 0 aliphatic rings. The maximum Gasteiger partial charge on any atom is 0.337 e. The predicted octanol–water partition coefficient (Wildman–Crippen LogP) is 2.19. The quantitative estimate of drug-likeness (QED) is 0.702. The first kappa shape index (κ1) is 10.6. The number of halogens is 1. The van der Waals surface area contributed by atoms with Gasteiger partial charge in [0.25, 0.3) is 0 Å². The summed E-state index contributed by atoms with van der Waals surface area (Å²) >= 11 is 5.82. The van der Waals surface area contributed by atoms with E-state index in [4.69, 9.17) is 16.9 Å². The molecule has 0 bridgehead atoms. The first-order chi connectivity index (χ1) is 6.69. The summed E-state index contributed by atoms with van der Waals surface area (Å²) in [5.74, 6) is -0.430. The Kier molecular flexibility index (Phi) is 3.49. The van der Waals surface area contributed by atoms with E-state index in [9.17, 15) is 4.79 Å². The van der Waals surface area contributed by atoms with Crippen molar-refractivity contribution in [1.29, 1.82) is 5.26 Å². The average molecular weight is 210 g/mol. The lowest BCUT2D eigenvalue weighted by molar-refractivity contribution is 0.0600. The van der Waals surface area contributed by atoms with E-state index in [2.05, 4.69) is 4.74 Å². The second-order valence-electron chi connectivity index (χ2n) is 2.63. The molecule has 0 aromatic heterocycles. The van der Waals surface area contributed by atoms with Crippen LogP contribution in [0.1, 0.15) is 15.9 Å². The molecule has 14 heavy (non-hydrogen) atoms. The number of rotatable bonds is 2. The molecule has 4 heteroatoms. The Hall–Kier alpha value is -1.53. The number of hydrogen-bond donors (Lipinski definition) is 0. The lowest BCUT2D eigenvalue weighted by Gasteiger charge is -2.02. The summed E-state index contributed by atoms with van der Waals surface area (Å²) < 4.78 is 4.54. The molecule has 0 aliphatic carbocycles. The Morgan fingerprint density at radius 3 is 2.93 bits per heavy atom. The molecule has 0 N–H and O–H groups in total. The molecule has 0 atom stereocenters. The highest BCUT2D eigenvalue weighted by molar-refractivity contribution is 6.31. The molecule has 0 radical (unpaired) electrons. The van der Waals surface area contributed by atoms with E-state index in [1.165, 1.54) is 7.11 Å². The van der Waals surface area contributed by atoms with Crippen LogP contribution in [-0.4, -0.2) is 13.1 Å². The topological polar surface area (TPSA) is 50.1 Å². The van der Waals surface area contributed by atoms with Crippen LogP contribution in [0.3, 0.4) is 0 Å². The number of esters is 1. The van der Waals surface area contributed by atoms with E-state index in [-0.39, 0.29) is 6.42 Å². The van der Waals surface area contributed by atoms with Crippen LogP contribution in [0.15, 0.2) is 18.2 Å². The van der Waals surface area contributed by atoms with Crippen molar-refractivity contribution in [3.8, 4) is 6.07 Å². The fourth-order valence-electron chi connectivity index (χ4n) is 1.04. The zero-order valence-corrected chi connectivity index (χ0v) is 8.34. The molecule has 1 aromatic rings. The highest BCUT2D eigenvalue weighted by atomic mass is 35.5. The Labute approximate surface area is 86.9 Å². The van der Waals surface area contributed by atoms with Crippen LogP contribution in [0, 0.1) is 11.3 Å². The van der Waals surface area contributed by atoms with Crippen LogP contribution in [0.5, 0.6) is 0 Å². The number of hydrogen-bond acceptors (Lipinski definition) is 3. The zero-order valence-electron chi connectivity index (χ0n) is 7.58. The van der Waals surface area contributed by atoms with Crippen LogP contribution < -0.4 is 0 Å². The highest BCUT2D eigenvalue weighted by Gasteiger charge is 2.08. The van der Waals surface area contributed by atoms with E-state index >= 15 is 0 Å². The van der Waals surface area contributed by atoms with Gasteiger partial charge in [0.1, 0.15) is 0 Å². The van der Waals surface area contributed by atoms with Crippen molar-refractivity contribution in [2.75, 3.05) is 7.11 Å². The molecule has 0 unspecified atom stereocenters. The van der Waals surface area contributed by atoms with Crippen LogP contribution in [-0.2, 0) is 11.2 Å². The lowest BCUT2D eigenvalue weighted by Crippen LogP contribution is -2.01. The highest BCUT2D eigenvalue weighted by Crippen LogP contribution is 2.18. The van der Waals surface area contributed by atoms with Gasteiger partial charge in [-0.1, -0.05) is 11.6 Å². The SMILES string of the molecule is COC(=O)c1ccc(Cl)c(CC#N)c1. The third-order valence-corrected chi connectivity index (χ3v) is 2.11. The summed E-state index contributed by atoms with van der Waals surface area (Å²) in [6.45, 7) is 0. The summed E-state index contributed by atoms with van der Waals surface area (Å²) in [6.07, 6.45) is 0.184. The third-order valence-electron chi connectivity index (χ3n) is 1.74. The number of nitrogens with zero attached hydrogens (tertiary/aromatic N) is 1. The Balaban J connectivity index is 3.07. The van der Waals surface area contributed by atoms with Gasteiger partial charge in [-0.15, -0.1) is 0 Å². The normalized spacial score (nSPS) is 9.21. The van der Waals surface area contributed by atoms with Crippen molar-refractivity contribution in [2.24, 2.45) is 0 Å². The van der Waals surface area contributed by atoms with Crippen molar-refractivity contribution in [3.05, 3.63) is 34.3 Å². The number of ether oxygens (including phenoxy) is 1. The molecule has 0 saturated carbocycles. The van der Waals surface area contributed by atoms with Crippen molar-refractivity contribution < 1.29 is 9.53 Å². The standard InChI is InChI=1S/C10H8ClNO2/c1-14-10(13)8-2-3-9(11)7(6-8)4-5-12/h2-3,6H,4H2,1H3. The van der Waals surface area contributed by atoms with Crippen molar-refractivity contribution in [2.45, 2.75) is 6.42 Å². The molecule has 3 nitrogen and oxygen atoms in total. The second kappa shape index (κ2) is 4.64. The van der Waals surface area contributed by atoms with Gasteiger partial charge in [-0.25, -0.2) is 4.79 Å². The Morgan fingerprint density at radius 1 is 1.64 bits per heavy atom. The van der Waals surface area contributed by atoms with Gasteiger partial charge >= 0.3 is 5.97 Å². The van der Waals surface area contributed by atoms with Crippen LogP contribution >= 0.6 is 11.6 Å². The molecule has 0 fully saturated rings. The Bertz CT molecular complexity index is 396. The van der Waals surface area contributed by atoms with Crippen molar-refractivity contribution >= 4 is 17.6 Å². The smallest absolute Gasteiger partial charge is 0.337 e. The van der Waals surface area contributed by atoms with E-state index in [0.29, 0.717) is 16.1 Å². The number of carbonyl (C=O) groups is 1. The minimum absolute atomic E-state index is 0.184. The third kappa shape index (κ3) is 2.24. The van der Waals surface area contributed by atoms with Crippen LogP contribution in [0.4, 0.5) is 0 Å². The molecular formula is C10H8ClNO2. The summed E-state index contributed by atoms with van der Waals surface area (Å²) in [6, 6.07) is 6.69. The number of benzene rings is 1.